The van der Waals surface area contributed by atoms with Gasteiger partial charge in [-0.2, -0.15) is 0 Å². The molecular formula is C14H16N2O5. The van der Waals surface area contributed by atoms with Crippen molar-refractivity contribution in [1.82, 2.24) is 4.90 Å². The second-order valence-electron chi connectivity index (χ2n) is 5.01. The Bertz CT molecular complexity index is 572. The summed E-state index contributed by atoms with van der Waals surface area (Å²) in [4.78, 5) is 34.7. The number of carboxylic acid groups (broad SMARTS) is 1. The van der Waals surface area contributed by atoms with Crippen LogP contribution in [0.5, 0.6) is 0 Å². The number of aryl methyl sites for hydroxylation is 1. The highest BCUT2D eigenvalue weighted by Crippen LogP contribution is 2.20. The Kier molecular flexibility index (Phi) is 4.52. The van der Waals surface area contributed by atoms with Crippen molar-refractivity contribution in [3.8, 4) is 0 Å². The van der Waals surface area contributed by atoms with Crippen molar-refractivity contribution >= 4 is 17.6 Å². The maximum Gasteiger partial charge on any atom is 0.326 e. The van der Waals surface area contributed by atoms with Crippen LogP contribution in [0.25, 0.3) is 0 Å². The Labute approximate surface area is 121 Å². The van der Waals surface area contributed by atoms with Crippen molar-refractivity contribution in [1.29, 1.82) is 0 Å². The summed E-state index contributed by atoms with van der Waals surface area (Å²) in [6.07, 6.45) is 1.70. The van der Waals surface area contributed by atoms with Crippen molar-refractivity contribution in [2.24, 2.45) is 0 Å². The van der Waals surface area contributed by atoms with E-state index in [0.717, 1.165) is 0 Å². The first-order chi connectivity index (χ1) is 9.99. The Morgan fingerprint density at radius 2 is 2.19 bits per heavy atom. The number of carbonyl (C=O) groups is 2. The van der Waals surface area contributed by atoms with E-state index in [2.05, 4.69) is 0 Å². The lowest BCUT2D eigenvalue weighted by Crippen LogP contribution is -2.40. The van der Waals surface area contributed by atoms with E-state index in [4.69, 9.17) is 5.11 Å². The summed E-state index contributed by atoms with van der Waals surface area (Å²) in [5.41, 5.74) is 0.688. The van der Waals surface area contributed by atoms with Crippen molar-refractivity contribution in [3.05, 3.63) is 39.9 Å². The maximum absolute atomic E-state index is 12.1. The van der Waals surface area contributed by atoms with Crippen LogP contribution in [0.2, 0.25) is 0 Å². The van der Waals surface area contributed by atoms with E-state index in [1.54, 1.807) is 12.1 Å². The molecule has 1 N–H and O–H groups in total. The van der Waals surface area contributed by atoms with Crippen LogP contribution < -0.4 is 0 Å². The Morgan fingerprint density at radius 3 is 2.86 bits per heavy atom. The highest BCUT2D eigenvalue weighted by Gasteiger charge is 2.33. The summed E-state index contributed by atoms with van der Waals surface area (Å²) in [7, 11) is 0. The van der Waals surface area contributed by atoms with Gasteiger partial charge in [0.2, 0.25) is 5.91 Å². The van der Waals surface area contributed by atoms with Crippen molar-refractivity contribution < 1.29 is 19.6 Å². The van der Waals surface area contributed by atoms with Gasteiger partial charge in [0.25, 0.3) is 5.69 Å². The normalized spacial score (nSPS) is 17.7. The third kappa shape index (κ3) is 3.56. The van der Waals surface area contributed by atoms with Gasteiger partial charge in [0.05, 0.1) is 4.92 Å². The number of hydrogen-bond acceptors (Lipinski definition) is 4. The first-order valence-electron chi connectivity index (χ1n) is 6.74. The Balaban J connectivity index is 1.96. The van der Waals surface area contributed by atoms with Crippen molar-refractivity contribution in [3.63, 3.8) is 0 Å². The summed E-state index contributed by atoms with van der Waals surface area (Å²) in [6.45, 7) is 0.463. The molecule has 1 aliphatic heterocycles. The molecule has 7 nitrogen and oxygen atoms in total. The van der Waals surface area contributed by atoms with Crippen LogP contribution in [0, 0.1) is 10.1 Å². The number of nitro benzene ring substituents is 1. The van der Waals surface area contributed by atoms with Gasteiger partial charge in [-0.15, -0.1) is 0 Å². The van der Waals surface area contributed by atoms with Gasteiger partial charge in [0, 0.05) is 25.1 Å². The second kappa shape index (κ2) is 6.34. The van der Waals surface area contributed by atoms with E-state index in [-0.39, 0.29) is 18.0 Å². The minimum atomic E-state index is -0.976. The molecule has 1 fully saturated rings. The molecule has 2 rings (SSSR count). The first-order valence-corrected chi connectivity index (χ1v) is 6.74. The van der Waals surface area contributed by atoms with Gasteiger partial charge in [-0.05, 0) is 24.8 Å². The monoisotopic (exact) mass is 292 g/mol. The third-order valence-corrected chi connectivity index (χ3v) is 3.61. The molecule has 1 aromatic rings. The van der Waals surface area contributed by atoms with Gasteiger partial charge in [-0.3, -0.25) is 14.9 Å². The molecule has 1 amide bonds. The topological polar surface area (TPSA) is 101 Å². The van der Waals surface area contributed by atoms with Gasteiger partial charge >= 0.3 is 5.97 Å². The summed E-state index contributed by atoms with van der Waals surface area (Å²) in [6, 6.07) is 5.40. The van der Waals surface area contributed by atoms with Crippen LogP contribution in [0.4, 0.5) is 5.69 Å². The number of benzene rings is 1. The number of non-ortho nitro benzene ring substituents is 1. The standard InChI is InChI=1S/C14H16N2O5/c17-13(15-8-2-5-12(15)14(18)19)7-6-10-3-1-4-11(9-10)16(20)21/h1,3-4,9,12H,2,5-8H2,(H,18,19). The quantitative estimate of drug-likeness (QED) is 0.656. The molecule has 1 saturated heterocycles. The molecular weight excluding hydrogens is 276 g/mol. The van der Waals surface area contributed by atoms with E-state index >= 15 is 0 Å². The SMILES string of the molecule is O=C(O)C1CCCN1C(=O)CCc1cccc([N+](=O)[O-])c1. The van der Waals surface area contributed by atoms with E-state index in [0.29, 0.717) is 31.4 Å². The lowest BCUT2D eigenvalue weighted by atomic mass is 10.1. The zero-order chi connectivity index (χ0) is 15.4. The number of nitrogens with zero attached hydrogens (tertiary/aromatic N) is 2. The third-order valence-electron chi connectivity index (χ3n) is 3.61. The molecule has 1 atom stereocenters. The zero-order valence-corrected chi connectivity index (χ0v) is 11.4. The smallest absolute Gasteiger partial charge is 0.326 e. The van der Waals surface area contributed by atoms with Crippen molar-refractivity contribution in [2.45, 2.75) is 31.7 Å². The van der Waals surface area contributed by atoms with Gasteiger partial charge in [0.1, 0.15) is 6.04 Å². The average Bonchev–Trinajstić information content (AvgIpc) is 2.94. The number of amides is 1. The predicted molar refractivity (Wildman–Crippen MR) is 73.8 cm³/mol. The molecule has 1 heterocycles. The molecule has 0 aromatic heterocycles. The number of carbonyl (C=O) groups excluding carboxylic acids is 1. The summed E-state index contributed by atoms with van der Waals surface area (Å²) in [5.74, 6) is -1.19. The first kappa shape index (κ1) is 15.0. The molecule has 0 spiro atoms. The van der Waals surface area contributed by atoms with E-state index in [1.165, 1.54) is 17.0 Å². The van der Waals surface area contributed by atoms with Gasteiger partial charge in [-0.1, -0.05) is 12.1 Å². The molecule has 21 heavy (non-hydrogen) atoms. The second-order valence-corrected chi connectivity index (χ2v) is 5.01. The van der Waals surface area contributed by atoms with E-state index in [9.17, 15) is 19.7 Å². The van der Waals surface area contributed by atoms with Gasteiger partial charge in [0.15, 0.2) is 0 Å². The summed E-state index contributed by atoms with van der Waals surface area (Å²) >= 11 is 0. The van der Waals surface area contributed by atoms with Crippen LogP contribution in [0.3, 0.4) is 0 Å². The lowest BCUT2D eigenvalue weighted by molar-refractivity contribution is -0.384. The summed E-state index contributed by atoms with van der Waals surface area (Å²) in [5, 5.41) is 19.7. The largest absolute Gasteiger partial charge is 0.480 e. The van der Waals surface area contributed by atoms with Crippen LogP contribution in [0.15, 0.2) is 24.3 Å². The van der Waals surface area contributed by atoms with Crippen molar-refractivity contribution in [2.75, 3.05) is 6.54 Å². The number of likely N-dealkylation sites (tertiary alicyclic amines) is 1. The van der Waals surface area contributed by atoms with Gasteiger partial charge < -0.3 is 10.0 Å². The Morgan fingerprint density at radius 1 is 1.43 bits per heavy atom. The van der Waals surface area contributed by atoms with E-state index < -0.39 is 16.9 Å². The van der Waals surface area contributed by atoms with Crippen LogP contribution in [-0.4, -0.2) is 39.4 Å². The van der Waals surface area contributed by atoms with Crippen LogP contribution >= 0.6 is 0 Å². The fourth-order valence-electron chi connectivity index (χ4n) is 2.54. The molecule has 7 heteroatoms. The zero-order valence-electron chi connectivity index (χ0n) is 11.4. The number of aliphatic carboxylic acids is 1. The minimum absolute atomic E-state index is 0.00969. The molecule has 1 aromatic carbocycles. The summed E-state index contributed by atoms with van der Waals surface area (Å²) < 4.78 is 0. The molecule has 0 aliphatic carbocycles. The average molecular weight is 292 g/mol. The fraction of sp³-hybridized carbons (Fsp3) is 0.429. The maximum atomic E-state index is 12.1. The molecule has 0 saturated carbocycles. The number of hydrogen-bond donors (Lipinski definition) is 1. The molecule has 1 unspecified atom stereocenters. The molecule has 112 valence electrons. The number of carboxylic acids is 1. The number of rotatable bonds is 5. The molecule has 0 radical (unpaired) electrons. The lowest BCUT2D eigenvalue weighted by Gasteiger charge is -2.21. The highest BCUT2D eigenvalue weighted by atomic mass is 16.6. The minimum Gasteiger partial charge on any atom is -0.480 e. The fourth-order valence-corrected chi connectivity index (χ4v) is 2.54. The molecule has 1 aliphatic rings. The Hall–Kier alpha value is -2.44. The van der Waals surface area contributed by atoms with Gasteiger partial charge in [-0.25, -0.2) is 4.79 Å². The predicted octanol–water partition coefficient (Wildman–Crippen LogP) is 1.60. The molecule has 0 bridgehead atoms. The number of nitro groups is 1. The van der Waals surface area contributed by atoms with E-state index in [1.807, 2.05) is 0 Å². The van der Waals surface area contributed by atoms with Crippen LogP contribution in [0.1, 0.15) is 24.8 Å². The highest BCUT2D eigenvalue weighted by molar-refractivity contribution is 5.84. The van der Waals surface area contributed by atoms with Crippen LogP contribution in [-0.2, 0) is 16.0 Å².